The van der Waals surface area contributed by atoms with Crippen molar-refractivity contribution in [2.24, 2.45) is 11.8 Å². The molecule has 2 heteroatoms. The summed E-state index contributed by atoms with van der Waals surface area (Å²) in [4.78, 5) is 2.61. The van der Waals surface area contributed by atoms with Crippen LogP contribution in [0.1, 0.15) is 38.2 Å². The van der Waals surface area contributed by atoms with E-state index in [0.29, 0.717) is 0 Å². The summed E-state index contributed by atoms with van der Waals surface area (Å²) in [5.41, 5.74) is 1.44. The Balaban J connectivity index is 1.60. The topological polar surface area (TPSA) is 15.3 Å². The van der Waals surface area contributed by atoms with Crippen molar-refractivity contribution in [3.05, 3.63) is 35.9 Å². The SMILES string of the molecule is CCN[C@H]1CCC[C@@H](N(C)Cc2ccccc2)C2C[C@H]21. The van der Waals surface area contributed by atoms with Gasteiger partial charge in [-0.15, -0.1) is 0 Å². The first-order chi connectivity index (χ1) is 9.79. The maximum Gasteiger partial charge on any atom is 0.0233 e. The Morgan fingerprint density at radius 3 is 2.70 bits per heavy atom. The van der Waals surface area contributed by atoms with Crippen molar-refractivity contribution in [1.82, 2.24) is 10.2 Å². The number of nitrogens with one attached hydrogen (secondary N) is 1. The first kappa shape index (κ1) is 14.1. The summed E-state index contributed by atoms with van der Waals surface area (Å²) in [6, 6.07) is 12.5. The van der Waals surface area contributed by atoms with Crippen molar-refractivity contribution in [1.29, 1.82) is 0 Å². The van der Waals surface area contributed by atoms with Crippen LogP contribution < -0.4 is 5.32 Å². The Morgan fingerprint density at radius 1 is 1.15 bits per heavy atom. The highest BCUT2D eigenvalue weighted by Gasteiger charge is 2.49. The van der Waals surface area contributed by atoms with E-state index in [1.54, 1.807) is 0 Å². The number of rotatable bonds is 5. The van der Waals surface area contributed by atoms with Gasteiger partial charge in [-0.1, -0.05) is 43.7 Å². The third kappa shape index (κ3) is 3.07. The molecule has 0 spiro atoms. The van der Waals surface area contributed by atoms with Crippen molar-refractivity contribution in [3.8, 4) is 0 Å². The van der Waals surface area contributed by atoms with Crippen LogP contribution in [0.3, 0.4) is 0 Å². The number of fused-ring (bicyclic) bond motifs is 1. The van der Waals surface area contributed by atoms with Crippen molar-refractivity contribution >= 4 is 0 Å². The van der Waals surface area contributed by atoms with Gasteiger partial charge in [0.15, 0.2) is 0 Å². The highest BCUT2D eigenvalue weighted by Crippen LogP contribution is 2.49. The molecule has 1 unspecified atom stereocenters. The highest BCUT2D eigenvalue weighted by atomic mass is 15.1. The second-order valence-corrected chi connectivity index (χ2v) is 6.63. The summed E-state index contributed by atoms with van der Waals surface area (Å²) in [5, 5.41) is 3.71. The Hall–Kier alpha value is -0.860. The van der Waals surface area contributed by atoms with E-state index in [0.717, 1.165) is 37.0 Å². The van der Waals surface area contributed by atoms with Crippen molar-refractivity contribution in [2.45, 2.75) is 51.2 Å². The minimum atomic E-state index is 0.792. The summed E-state index contributed by atoms with van der Waals surface area (Å²) in [6.07, 6.45) is 5.59. The molecule has 0 amide bonds. The van der Waals surface area contributed by atoms with Gasteiger partial charge < -0.3 is 5.32 Å². The fraction of sp³-hybridized carbons (Fsp3) is 0.667. The molecule has 1 aromatic rings. The zero-order valence-electron chi connectivity index (χ0n) is 12.9. The summed E-state index contributed by atoms with van der Waals surface area (Å²) in [7, 11) is 2.32. The van der Waals surface area contributed by atoms with Crippen LogP contribution in [0, 0.1) is 11.8 Å². The van der Waals surface area contributed by atoms with Gasteiger partial charge >= 0.3 is 0 Å². The molecule has 2 aliphatic carbocycles. The van der Waals surface area contributed by atoms with Crippen LogP contribution in [0.15, 0.2) is 30.3 Å². The van der Waals surface area contributed by atoms with Crippen LogP contribution in [-0.2, 0) is 6.54 Å². The standard InChI is InChI=1S/C18H28N2/c1-3-19-17-10-7-11-18(16-12-15(16)17)20(2)13-14-8-5-4-6-9-14/h4-6,8-9,15-19H,3,7,10-13H2,1-2H3/t15-,16?,17+,18-/m1/s1. The Bertz CT molecular complexity index is 417. The number of hydrogen-bond donors (Lipinski definition) is 1. The lowest BCUT2D eigenvalue weighted by atomic mass is 10.0. The molecule has 0 aromatic heterocycles. The lowest BCUT2D eigenvalue weighted by Crippen LogP contribution is -2.34. The molecule has 110 valence electrons. The van der Waals surface area contributed by atoms with Crippen molar-refractivity contribution in [2.75, 3.05) is 13.6 Å². The Morgan fingerprint density at radius 2 is 1.95 bits per heavy atom. The number of hydrogen-bond acceptors (Lipinski definition) is 2. The molecule has 3 rings (SSSR count). The van der Waals surface area contributed by atoms with E-state index < -0.39 is 0 Å². The summed E-state index contributed by atoms with van der Waals surface area (Å²) < 4.78 is 0. The summed E-state index contributed by atoms with van der Waals surface area (Å²) in [6.45, 7) is 4.46. The van der Waals surface area contributed by atoms with E-state index in [4.69, 9.17) is 0 Å². The number of nitrogens with zero attached hydrogens (tertiary/aromatic N) is 1. The minimum absolute atomic E-state index is 0.792. The average molecular weight is 272 g/mol. The van der Waals surface area contributed by atoms with Gasteiger partial charge in [-0.05, 0) is 50.3 Å². The highest BCUT2D eigenvalue weighted by molar-refractivity contribution is 5.15. The largest absolute Gasteiger partial charge is 0.314 e. The molecule has 20 heavy (non-hydrogen) atoms. The van der Waals surface area contributed by atoms with Crippen LogP contribution in [0.2, 0.25) is 0 Å². The van der Waals surface area contributed by atoms with E-state index in [2.05, 4.69) is 54.5 Å². The molecule has 1 N–H and O–H groups in total. The molecule has 2 aliphatic rings. The molecular formula is C18H28N2. The van der Waals surface area contributed by atoms with Gasteiger partial charge in [0.05, 0.1) is 0 Å². The quantitative estimate of drug-likeness (QED) is 0.885. The van der Waals surface area contributed by atoms with Crippen LogP contribution in [0.5, 0.6) is 0 Å². The van der Waals surface area contributed by atoms with E-state index in [1.807, 2.05) is 0 Å². The van der Waals surface area contributed by atoms with Crippen LogP contribution >= 0.6 is 0 Å². The summed E-state index contributed by atoms with van der Waals surface area (Å²) in [5.74, 6) is 1.89. The predicted octanol–water partition coefficient (Wildman–Crippen LogP) is 3.29. The monoisotopic (exact) mass is 272 g/mol. The molecule has 4 atom stereocenters. The van der Waals surface area contributed by atoms with Crippen LogP contribution in [0.4, 0.5) is 0 Å². The lowest BCUT2D eigenvalue weighted by Gasteiger charge is -2.28. The molecule has 2 fully saturated rings. The van der Waals surface area contributed by atoms with Crippen molar-refractivity contribution in [3.63, 3.8) is 0 Å². The van der Waals surface area contributed by atoms with Gasteiger partial charge in [0.25, 0.3) is 0 Å². The molecule has 2 saturated carbocycles. The molecule has 0 radical (unpaired) electrons. The molecular weight excluding hydrogens is 244 g/mol. The maximum atomic E-state index is 3.71. The zero-order chi connectivity index (χ0) is 13.9. The maximum absolute atomic E-state index is 3.71. The second kappa shape index (κ2) is 6.28. The zero-order valence-corrected chi connectivity index (χ0v) is 12.9. The van der Waals surface area contributed by atoms with Crippen molar-refractivity contribution < 1.29 is 0 Å². The predicted molar refractivity (Wildman–Crippen MR) is 84.6 cm³/mol. The lowest BCUT2D eigenvalue weighted by molar-refractivity contribution is 0.196. The average Bonchev–Trinajstić information content (AvgIpc) is 3.23. The molecule has 0 heterocycles. The van der Waals surface area contributed by atoms with Gasteiger partial charge in [0, 0.05) is 18.6 Å². The van der Waals surface area contributed by atoms with Crippen LogP contribution in [-0.4, -0.2) is 30.6 Å². The number of benzene rings is 1. The third-order valence-electron chi connectivity index (χ3n) is 5.22. The van der Waals surface area contributed by atoms with Gasteiger partial charge in [0.2, 0.25) is 0 Å². The fourth-order valence-corrected chi connectivity index (χ4v) is 4.17. The molecule has 1 aromatic carbocycles. The van der Waals surface area contributed by atoms with Gasteiger partial charge in [-0.3, -0.25) is 4.90 Å². The fourth-order valence-electron chi connectivity index (χ4n) is 4.17. The van der Waals surface area contributed by atoms with E-state index in [9.17, 15) is 0 Å². The van der Waals surface area contributed by atoms with Crippen LogP contribution in [0.25, 0.3) is 0 Å². The molecule has 0 saturated heterocycles. The van der Waals surface area contributed by atoms with Gasteiger partial charge in [-0.2, -0.15) is 0 Å². The van der Waals surface area contributed by atoms with E-state index in [1.165, 1.54) is 31.2 Å². The minimum Gasteiger partial charge on any atom is -0.314 e. The summed E-state index contributed by atoms with van der Waals surface area (Å²) >= 11 is 0. The Labute approximate surface area is 123 Å². The molecule has 0 aliphatic heterocycles. The van der Waals surface area contributed by atoms with Gasteiger partial charge in [0.1, 0.15) is 0 Å². The second-order valence-electron chi connectivity index (χ2n) is 6.63. The first-order valence-electron chi connectivity index (χ1n) is 8.27. The third-order valence-corrected chi connectivity index (χ3v) is 5.22. The molecule has 0 bridgehead atoms. The van der Waals surface area contributed by atoms with Gasteiger partial charge in [-0.25, -0.2) is 0 Å². The van der Waals surface area contributed by atoms with E-state index in [-0.39, 0.29) is 0 Å². The van der Waals surface area contributed by atoms with E-state index >= 15 is 0 Å². The molecule has 2 nitrogen and oxygen atoms in total. The Kier molecular flexibility index (Phi) is 4.42. The normalized spacial score (nSPS) is 32.8. The first-order valence-corrected chi connectivity index (χ1v) is 8.27. The smallest absolute Gasteiger partial charge is 0.0233 e.